The van der Waals surface area contributed by atoms with Gasteiger partial charge in [-0.05, 0) is 68.9 Å². The lowest BCUT2D eigenvalue weighted by atomic mass is 10.1. The lowest BCUT2D eigenvalue weighted by molar-refractivity contribution is 0.259. The van der Waals surface area contributed by atoms with Crippen molar-refractivity contribution >= 4 is 50.3 Å². The van der Waals surface area contributed by atoms with E-state index >= 15 is 0 Å². The maximum atomic E-state index is 13.5. The van der Waals surface area contributed by atoms with E-state index in [0.29, 0.717) is 6.04 Å². The van der Waals surface area contributed by atoms with Crippen LogP contribution in [-0.4, -0.2) is 42.1 Å². The molecule has 1 fully saturated rings. The minimum absolute atomic E-state index is 0.206. The Hall–Kier alpha value is -3.88. The first kappa shape index (κ1) is 22.6. The molecule has 0 unspecified atom stereocenters. The minimum Gasteiger partial charge on any atom is -0.457 e. The highest BCUT2D eigenvalue weighted by Crippen LogP contribution is 2.48. The van der Waals surface area contributed by atoms with E-state index in [1.165, 1.54) is 0 Å². The van der Waals surface area contributed by atoms with Gasteiger partial charge in [0.1, 0.15) is 16.3 Å². The lowest BCUT2D eigenvalue weighted by Gasteiger charge is -2.30. The van der Waals surface area contributed by atoms with Crippen LogP contribution in [0.15, 0.2) is 67.4 Å². The van der Waals surface area contributed by atoms with Crippen molar-refractivity contribution in [3.8, 4) is 11.5 Å². The van der Waals surface area contributed by atoms with Gasteiger partial charge >= 0.3 is 6.03 Å². The largest absolute Gasteiger partial charge is 0.457 e. The van der Waals surface area contributed by atoms with Crippen LogP contribution >= 0.6 is 11.3 Å². The molecule has 6 rings (SSSR count). The number of anilines is 3. The molecule has 2 amide bonds. The monoisotopic (exact) mass is 497 g/mol. The van der Waals surface area contributed by atoms with Gasteiger partial charge in [0.25, 0.3) is 0 Å². The number of carbonyl (C=O) groups is 1. The van der Waals surface area contributed by atoms with Gasteiger partial charge in [-0.15, -0.1) is 11.3 Å². The molecule has 2 aromatic heterocycles. The van der Waals surface area contributed by atoms with Gasteiger partial charge in [0.15, 0.2) is 0 Å². The Balaban J connectivity index is 1.34. The molecule has 4 aromatic rings. The first-order valence-corrected chi connectivity index (χ1v) is 12.8. The van der Waals surface area contributed by atoms with Gasteiger partial charge in [-0.1, -0.05) is 24.8 Å². The zero-order chi connectivity index (χ0) is 24.8. The van der Waals surface area contributed by atoms with E-state index in [0.717, 1.165) is 74.4 Å². The highest BCUT2D eigenvalue weighted by Gasteiger charge is 2.32. The number of para-hydroxylation sites is 1. The molecule has 1 saturated heterocycles. The second kappa shape index (κ2) is 8.96. The van der Waals surface area contributed by atoms with Crippen LogP contribution in [0.1, 0.15) is 16.9 Å². The lowest BCUT2D eigenvalue weighted by Crippen LogP contribution is -2.35. The fourth-order valence-electron chi connectivity index (χ4n) is 4.97. The number of hydrogen-bond donors (Lipinski definition) is 2. The van der Waals surface area contributed by atoms with Gasteiger partial charge < -0.3 is 20.3 Å². The summed E-state index contributed by atoms with van der Waals surface area (Å²) in [5.74, 6) is 1.49. The van der Waals surface area contributed by atoms with Gasteiger partial charge in [-0.25, -0.2) is 9.78 Å². The molecule has 0 bridgehead atoms. The van der Waals surface area contributed by atoms with Crippen molar-refractivity contribution < 1.29 is 9.53 Å². The predicted octanol–water partition coefficient (Wildman–Crippen LogP) is 6.35. The van der Waals surface area contributed by atoms with Gasteiger partial charge in [0.2, 0.25) is 0 Å². The van der Waals surface area contributed by atoms with Crippen molar-refractivity contribution in [2.24, 2.45) is 0 Å². The van der Waals surface area contributed by atoms with Crippen LogP contribution in [0.3, 0.4) is 0 Å². The summed E-state index contributed by atoms with van der Waals surface area (Å²) in [4.78, 5) is 23.9. The molecule has 0 spiro atoms. The Morgan fingerprint density at radius 1 is 1.17 bits per heavy atom. The van der Waals surface area contributed by atoms with Crippen molar-refractivity contribution in [2.45, 2.75) is 19.4 Å². The number of ether oxygens (including phenoxy) is 1. The molecule has 0 saturated carbocycles. The van der Waals surface area contributed by atoms with E-state index in [1.807, 2.05) is 61.5 Å². The van der Waals surface area contributed by atoms with Crippen LogP contribution in [-0.2, 0) is 0 Å². The average molecular weight is 498 g/mol. The number of benzene rings is 2. The van der Waals surface area contributed by atoms with Crippen molar-refractivity contribution in [3.05, 3.63) is 77.8 Å². The Kier molecular flexibility index (Phi) is 5.62. The fourth-order valence-corrected chi connectivity index (χ4v) is 6.02. The van der Waals surface area contributed by atoms with E-state index in [2.05, 4.69) is 34.1 Å². The molecule has 7 nitrogen and oxygen atoms in total. The molecule has 0 aliphatic carbocycles. The molecule has 2 aliphatic heterocycles. The molecule has 2 aromatic carbocycles. The van der Waals surface area contributed by atoms with Crippen LogP contribution in [0.4, 0.5) is 21.9 Å². The summed E-state index contributed by atoms with van der Waals surface area (Å²) in [7, 11) is 2.13. The van der Waals surface area contributed by atoms with Gasteiger partial charge in [-0.2, -0.15) is 0 Å². The summed E-state index contributed by atoms with van der Waals surface area (Å²) in [6.07, 6.45) is 2.83. The predicted molar refractivity (Wildman–Crippen MR) is 147 cm³/mol. The summed E-state index contributed by atoms with van der Waals surface area (Å²) in [6, 6.07) is 17.5. The number of carbonyl (C=O) groups excluding carboxylic acids is 1. The van der Waals surface area contributed by atoms with E-state index < -0.39 is 0 Å². The number of urea groups is 1. The van der Waals surface area contributed by atoms with Crippen molar-refractivity contribution in [3.63, 3.8) is 0 Å². The summed E-state index contributed by atoms with van der Waals surface area (Å²) >= 11 is 1.55. The van der Waals surface area contributed by atoms with E-state index in [-0.39, 0.29) is 6.03 Å². The Morgan fingerprint density at radius 2 is 2.00 bits per heavy atom. The summed E-state index contributed by atoms with van der Waals surface area (Å²) in [5, 5.41) is 7.64. The first-order valence-electron chi connectivity index (χ1n) is 12.0. The quantitative estimate of drug-likeness (QED) is 0.325. The van der Waals surface area contributed by atoms with Crippen LogP contribution < -0.4 is 20.3 Å². The van der Waals surface area contributed by atoms with Crippen LogP contribution in [0.2, 0.25) is 0 Å². The number of nitrogens with one attached hydrogen (secondary N) is 2. The molecular weight excluding hydrogens is 470 g/mol. The van der Waals surface area contributed by atoms with E-state index in [4.69, 9.17) is 4.74 Å². The maximum absolute atomic E-state index is 13.5. The molecular formula is C28H27N5O2S. The Labute approximate surface area is 214 Å². The molecule has 182 valence electrons. The Bertz CT molecular complexity index is 1480. The third kappa shape index (κ3) is 3.98. The smallest absolute Gasteiger partial charge is 0.331 e. The zero-order valence-electron chi connectivity index (χ0n) is 20.2. The highest BCUT2D eigenvalue weighted by atomic mass is 32.1. The summed E-state index contributed by atoms with van der Waals surface area (Å²) in [5.41, 5.74) is 4.15. The number of pyridine rings is 1. The SMILES string of the molecule is C=C(N[C@@H]1CCN(C)C1)c1sc2nccc3c2c1NC(=O)N3c1ccc(Oc2ccccc2)cc1C. The number of amides is 2. The number of likely N-dealkylation sites (tertiary alicyclic amines) is 1. The third-order valence-electron chi connectivity index (χ3n) is 6.68. The molecule has 0 radical (unpaired) electrons. The third-order valence-corrected chi connectivity index (χ3v) is 7.84. The van der Waals surface area contributed by atoms with Gasteiger partial charge in [0, 0.05) is 24.5 Å². The summed E-state index contributed by atoms with van der Waals surface area (Å²) in [6.45, 7) is 8.33. The number of aromatic nitrogens is 1. The van der Waals surface area contributed by atoms with Crippen molar-refractivity contribution in [2.75, 3.05) is 30.4 Å². The van der Waals surface area contributed by atoms with Gasteiger partial charge in [0.05, 0.1) is 27.3 Å². The molecule has 2 aliphatic rings. The number of thiophene rings is 1. The molecule has 2 N–H and O–H groups in total. The topological polar surface area (TPSA) is 69.7 Å². The first-order chi connectivity index (χ1) is 17.5. The van der Waals surface area contributed by atoms with Gasteiger partial charge in [-0.3, -0.25) is 4.90 Å². The van der Waals surface area contributed by atoms with Crippen LogP contribution in [0.5, 0.6) is 11.5 Å². The zero-order valence-corrected chi connectivity index (χ0v) is 21.1. The second-order valence-corrected chi connectivity index (χ2v) is 10.3. The van der Waals surface area contributed by atoms with E-state index in [9.17, 15) is 4.79 Å². The standard InChI is InChI=1S/C28H27N5O2S/c1-17-15-21(35-20-7-5-4-6-8-20)9-10-22(17)33-23-11-13-29-27-24(23)25(31-28(33)34)26(36-27)18(2)30-19-12-14-32(3)16-19/h4-11,13,15,19,30H,2,12,14,16H2,1,3H3,(H,31,34)/t19-/m1/s1. The molecule has 1 atom stereocenters. The molecule has 36 heavy (non-hydrogen) atoms. The average Bonchev–Trinajstić information content (AvgIpc) is 3.44. The molecule has 4 heterocycles. The number of hydrogen-bond acceptors (Lipinski definition) is 6. The van der Waals surface area contributed by atoms with E-state index in [1.54, 1.807) is 22.4 Å². The fraction of sp³-hybridized carbons (Fsp3) is 0.214. The number of rotatable bonds is 6. The normalized spacial score (nSPS) is 17.3. The Morgan fingerprint density at radius 3 is 2.75 bits per heavy atom. The van der Waals surface area contributed by atoms with Crippen molar-refractivity contribution in [1.29, 1.82) is 0 Å². The van der Waals surface area contributed by atoms with Crippen LogP contribution in [0.25, 0.3) is 15.9 Å². The number of nitrogens with zero attached hydrogens (tertiary/aromatic N) is 3. The number of aryl methyl sites for hydroxylation is 1. The highest BCUT2D eigenvalue weighted by molar-refractivity contribution is 7.20. The maximum Gasteiger partial charge on any atom is 0.331 e. The number of likely N-dealkylation sites (N-methyl/N-ethyl adjacent to an activating group) is 1. The van der Waals surface area contributed by atoms with Crippen molar-refractivity contribution in [1.82, 2.24) is 15.2 Å². The summed E-state index contributed by atoms with van der Waals surface area (Å²) < 4.78 is 5.99. The minimum atomic E-state index is -0.206. The second-order valence-electron chi connectivity index (χ2n) is 9.32. The molecule has 8 heteroatoms. The van der Waals surface area contributed by atoms with Crippen LogP contribution in [0, 0.1) is 6.92 Å².